The zero-order valence-electron chi connectivity index (χ0n) is 24.8. The number of hydrogen-bond acceptors (Lipinski definition) is 5. The van der Waals surface area contributed by atoms with Crippen LogP contribution in [-0.2, 0) is 19.2 Å². The molecule has 7 nitrogen and oxygen atoms in total. The monoisotopic (exact) mass is 588 g/mol. The van der Waals surface area contributed by atoms with E-state index in [1.54, 1.807) is 17.0 Å². The Kier molecular flexibility index (Phi) is 6.13. The third-order valence-electron chi connectivity index (χ3n) is 11.5. The minimum absolute atomic E-state index is 0.0600. The molecule has 2 saturated carbocycles. The van der Waals surface area contributed by atoms with Crippen molar-refractivity contribution >= 4 is 40.1 Å². The summed E-state index contributed by atoms with van der Waals surface area (Å²) >= 11 is 0. The number of carbonyl (C=O) groups is 4. The van der Waals surface area contributed by atoms with E-state index in [-0.39, 0.29) is 41.3 Å². The summed E-state index contributed by atoms with van der Waals surface area (Å²) in [6.07, 6.45) is 7.63. The summed E-state index contributed by atoms with van der Waals surface area (Å²) in [7, 11) is 0. The second kappa shape index (κ2) is 9.88. The van der Waals surface area contributed by atoms with Crippen molar-refractivity contribution in [2.45, 2.75) is 63.8 Å². The zero-order chi connectivity index (χ0) is 30.3. The average molecular weight is 589 g/mol. The van der Waals surface area contributed by atoms with Crippen molar-refractivity contribution in [1.82, 2.24) is 4.90 Å². The molecule has 2 saturated heterocycles. The van der Waals surface area contributed by atoms with Crippen LogP contribution in [0, 0.1) is 29.1 Å². The van der Waals surface area contributed by atoms with Gasteiger partial charge in [0.25, 0.3) is 0 Å². The molecular formula is C37H36N2O5. The van der Waals surface area contributed by atoms with Gasteiger partial charge in [-0.15, -0.1) is 0 Å². The number of fused-ring (bicyclic) bond motifs is 5. The fourth-order valence-electron chi connectivity index (χ4n) is 9.41. The lowest BCUT2D eigenvalue weighted by molar-refractivity contribution is -0.144. The van der Waals surface area contributed by atoms with E-state index < -0.39 is 29.1 Å². The molecule has 0 radical (unpaired) electrons. The first-order valence-electron chi connectivity index (χ1n) is 16.0. The van der Waals surface area contributed by atoms with Crippen LogP contribution in [0.1, 0.15) is 63.4 Å². The van der Waals surface area contributed by atoms with Crippen molar-refractivity contribution in [2.24, 2.45) is 29.1 Å². The highest BCUT2D eigenvalue weighted by molar-refractivity contribution is 6.24. The second-order valence-corrected chi connectivity index (χ2v) is 13.6. The van der Waals surface area contributed by atoms with E-state index in [4.69, 9.17) is 0 Å². The maximum absolute atomic E-state index is 14.6. The Morgan fingerprint density at radius 1 is 0.795 bits per heavy atom. The Hall–Kier alpha value is -4.26. The van der Waals surface area contributed by atoms with Crippen LogP contribution in [0.4, 0.5) is 5.69 Å². The highest BCUT2D eigenvalue weighted by Gasteiger charge is 2.68. The summed E-state index contributed by atoms with van der Waals surface area (Å²) in [5.41, 5.74) is 0.822. The van der Waals surface area contributed by atoms with E-state index in [0.717, 1.165) is 43.1 Å². The summed E-state index contributed by atoms with van der Waals surface area (Å²) in [5.74, 6) is -3.42. The molecule has 3 aromatic rings. The van der Waals surface area contributed by atoms with Crippen molar-refractivity contribution in [3.8, 4) is 5.75 Å². The molecule has 2 aliphatic heterocycles. The van der Waals surface area contributed by atoms with Gasteiger partial charge in [0, 0.05) is 22.9 Å². The second-order valence-electron chi connectivity index (χ2n) is 13.6. The van der Waals surface area contributed by atoms with Crippen molar-refractivity contribution in [2.75, 3.05) is 4.90 Å². The first-order chi connectivity index (χ1) is 21.3. The highest BCUT2D eigenvalue weighted by atomic mass is 16.3. The molecule has 0 aromatic heterocycles. The summed E-state index contributed by atoms with van der Waals surface area (Å²) in [6, 6.07) is 20.3. The maximum Gasteiger partial charge on any atom is 0.241 e. The highest BCUT2D eigenvalue weighted by Crippen LogP contribution is 2.64. The third-order valence-corrected chi connectivity index (χ3v) is 11.5. The van der Waals surface area contributed by atoms with Gasteiger partial charge in [-0.1, -0.05) is 85.5 Å². The van der Waals surface area contributed by atoms with Crippen molar-refractivity contribution in [1.29, 1.82) is 0 Å². The Bertz CT molecular complexity index is 1760. The molecule has 7 heteroatoms. The quantitative estimate of drug-likeness (QED) is 0.294. The first kappa shape index (κ1) is 27.3. The first-order valence-corrected chi connectivity index (χ1v) is 16.0. The lowest BCUT2D eigenvalue weighted by Gasteiger charge is -2.49. The Morgan fingerprint density at radius 2 is 1.52 bits per heavy atom. The predicted octanol–water partition coefficient (Wildman–Crippen LogP) is 6.11. The molecule has 4 fully saturated rings. The third kappa shape index (κ3) is 3.61. The van der Waals surface area contributed by atoms with Crippen LogP contribution in [0.5, 0.6) is 5.75 Å². The summed E-state index contributed by atoms with van der Waals surface area (Å²) in [5, 5.41) is 13.3. The zero-order valence-corrected chi connectivity index (χ0v) is 24.8. The molecule has 6 atom stereocenters. The van der Waals surface area contributed by atoms with Crippen LogP contribution in [0.2, 0.25) is 0 Å². The number of aromatic hydroxyl groups is 1. The van der Waals surface area contributed by atoms with E-state index in [1.165, 1.54) is 4.90 Å². The lowest BCUT2D eigenvalue weighted by atomic mass is 9.51. The number of phenols is 1. The molecule has 3 aromatic carbocycles. The molecule has 3 aliphatic carbocycles. The predicted molar refractivity (Wildman–Crippen MR) is 165 cm³/mol. The van der Waals surface area contributed by atoms with Gasteiger partial charge in [0.05, 0.1) is 28.9 Å². The largest absolute Gasteiger partial charge is 0.507 e. The number of imide groups is 2. The lowest BCUT2D eigenvalue weighted by Crippen LogP contribution is -2.49. The van der Waals surface area contributed by atoms with Crippen molar-refractivity contribution < 1.29 is 24.3 Å². The van der Waals surface area contributed by atoms with Gasteiger partial charge in [0.15, 0.2) is 0 Å². The summed E-state index contributed by atoms with van der Waals surface area (Å²) < 4.78 is 0. The number of para-hydroxylation sites is 1. The van der Waals surface area contributed by atoms with Crippen molar-refractivity contribution in [3.05, 3.63) is 83.9 Å². The van der Waals surface area contributed by atoms with Gasteiger partial charge < -0.3 is 5.11 Å². The van der Waals surface area contributed by atoms with E-state index in [9.17, 15) is 24.3 Å². The number of allylic oxidation sites excluding steroid dienone is 2. The average Bonchev–Trinajstić information content (AvgIpc) is 3.42. The summed E-state index contributed by atoms with van der Waals surface area (Å²) in [6.45, 7) is 1.86. The van der Waals surface area contributed by atoms with E-state index in [1.807, 2.05) is 61.5 Å². The number of amides is 4. The Labute approximate surface area is 256 Å². The van der Waals surface area contributed by atoms with Gasteiger partial charge in [0.1, 0.15) is 5.75 Å². The fourth-order valence-corrected chi connectivity index (χ4v) is 9.41. The number of carbonyl (C=O) groups excluding carboxylic acids is 4. The number of hydrogen-bond donors (Lipinski definition) is 1. The molecule has 224 valence electrons. The topological polar surface area (TPSA) is 95.0 Å². The van der Waals surface area contributed by atoms with Crippen LogP contribution < -0.4 is 4.90 Å². The van der Waals surface area contributed by atoms with Gasteiger partial charge >= 0.3 is 0 Å². The van der Waals surface area contributed by atoms with Crippen LogP contribution in [0.25, 0.3) is 10.8 Å². The van der Waals surface area contributed by atoms with Crippen molar-refractivity contribution in [3.63, 3.8) is 0 Å². The molecule has 5 aliphatic rings. The normalized spacial score (nSPS) is 32.1. The van der Waals surface area contributed by atoms with Gasteiger partial charge in [0.2, 0.25) is 23.6 Å². The molecular weight excluding hydrogens is 552 g/mol. The molecule has 1 N–H and O–H groups in total. The number of rotatable bonds is 3. The smallest absolute Gasteiger partial charge is 0.241 e. The van der Waals surface area contributed by atoms with Gasteiger partial charge in [-0.05, 0) is 56.0 Å². The van der Waals surface area contributed by atoms with Crippen LogP contribution in [0.15, 0.2) is 78.4 Å². The van der Waals surface area contributed by atoms with Gasteiger partial charge in [-0.3, -0.25) is 24.1 Å². The standard InChI is InChI=1S/C37H36N2O5/c1-37-29(34(42)39(36(37)44)23-13-6-3-7-14-23)20-28-25(31(37)27-17-16-21-10-8-9-15-24(21)32(27)40)18-19-26-30(28)35(43)38(33(26)41)22-11-4-2-5-12-22/h3,6-10,13-18,22,26,28-31,40H,2,4-5,11-12,19-20H2,1H3. The molecule has 2 heterocycles. The molecule has 6 unspecified atom stereocenters. The molecule has 44 heavy (non-hydrogen) atoms. The number of phenolic OH excluding ortho intramolecular Hbond substituents is 1. The molecule has 4 amide bonds. The molecule has 0 spiro atoms. The maximum atomic E-state index is 14.6. The minimum Gasteiger partial charge on any atom is -0.507 e. The van der Waals surface area contributed by atoms with Crippen LogP contribution in [0.3, 0.4) is 0 Å². The van der Waals surface area contributed by atoms with Crippen LogP contribution in [-0.4, -0.2) is 39.7 Å². The number of nitrogens with zero attached hydrogens (tertiary/aromatic N) is 2. The number of benzene rings is 3. The van der Waals surface area contributed by atoms with Crippen LogP contribution >= 0.6 is 0 Å². The van der Waals surface area contributed by atoms with Gasteiger partial charge in [-0.25, -0.2) is 4.90 Å². The Balaban J connectivity index is 1.29. The number of anilines is 1. The van der Waals surface area contributed by atoms with Gasteiger partial charge in [-0.2, -0.15) is 0 Å². The molecule has 0 bridgehead atoms. The Morgan fingerprint density at radius 3 is 2.30 bits per heavy atom. The number of likely N-dealkylation sites (tertiary alicyclic amines) is 1. The fraction of sp³-hybridized carbons (Fsp3) is 0.405. The SMILES string of the molecule is CC12C(=O)N(c3ccccc3)C(=O)C1CC1C(=CCC3C(=O)N(C4CCCCC4)C(=O)C31)C2c1ccc2ccccc2c1O. The van der Waals surface area contributed by atoms with E-state index in [0.29, 0.717) is 29.5 Å². The molecule has 8 rings (SSSR count). The van der Waals surface area contributed by atoms with E-state index in [2.05, 4.69) is 6.08 Å². The van der Waals surface area contributed by atoms with E-state index >= 15 is 0 Å². The summed E-state index contributed by atoms with van der Waals surface area (Å²) in [4.78, 5) is 59.9. The minimum atomic E-state index is -1.18.